The number of hydrogen-bond donors (Lipinski definition) is 1. The molecule has 0 aromatic carbocycles. The van der Waals surface area contributed by atoms with Crippen LogP contribution in [0.25, 0.3) is 0 Å². The molecule has 0 aliphatic heterocycles. The molecule has 4 aliphatic carbocycles. The van der Waals surface area contributed by atoms with Crippen LogP contribution in [0, 0.1) is 69.5 Å². The van der Waals surface area contributed by atoms with Gasteiger partial charge in [0.25, 0.3) is 0 Å². The summed E-state index contributed by atoms with van der Waals surface area (Å²) in [6.07, 6.45) is 19.4. The van der Waals surface area contributed by atoms with Crippen LogP contribution in [-0.4, -0.2) is 44.8 Å². The Hall–Kier alpha value is 0.440. The molecule has 8 atom stereocenters. The number of rotatable bonds is 5. The quantitative estimate of drug-likeness (QED) is 0.181. The van der Waals surface area contributed by atoms with Gasteiger partial charge in [-0.25, -0.2) is 0 Å². The molecule has 254 valence electrons. The zero-order valence-corrected chi connectivity index (χ0v) is 35.7. The Morgan fingerprint density at radius 2 is 1.50 bits per heavy atom. The molecule has 0 radical (unpaired) electrons. The van der Waals surface area contributed by atoms with Crippen LogP contribution in [0.5, 0.6) is 0 Å². The summed E-state index contributed by atoms with van der Waals surface area (Å²) in [6.45, 7) is 42.7. The molecule has 4 rings (SSSR count). The van der Waals surface area contributed by atoms with Crippen LogP contribution in [0.15, 0.2) is 36.0 Å². The minimum Gasteiger partial charge on any atom is -0.358 e. The molecule has 0 spiro atoms. The molecular formula is C42H79CaN. The predicted octanol–water partition coefficient (Wildman–Crippen LogP) is 12.7. The van der Waals surface area contributed by atoms with Gasteiger partial charge in [0, 0.05) is 0 Å². The van der Waals surface area contributed by atoms with E-state index in [0.717, 1.165) is 5.92 Å². The van der Waals surface area contributed by atoms with Crippen molar-refractivity contribution in [1.29, 1.82) is 0 Å². The molecule has 1 nitrogen and oxygen atoms in total. The van der Waals surface area contributed by atoms with E-state index in [4.69, 9.17) is 0 Å². The third-order valence-corrected chi connectivity index (χ3v) is 14.6. The fraction of sp³-hybridized carbons (Fsp3) is 0.810. The molecule has 0 bridgehead atoms. The molecule has 44 heavy (non-hydrogen) atoms. The van der Waals surface area contributed by atoms with Gasteiger partial charge in [0.15, 0.2) is 0 Å². The summed E-state index contributed by atoms with van der Waals surface area (Å²) in [5, 5.41) is 0. The van der Waals surface area contributed by atoms with E-state index in [1.807, 2.05) is 27.7 Å². The minimum atomic E-state index is 0. The third kappa shape index (κ3) is 7.08. The van der Waals surface area contributed by atoms with Gasteiger partial charge in [-0.3, -0.25) is 0 Å². The summed E-state index contributed by atoms with van der Waals surface area (Å²) in [4.78, 5) is 0. The van der Waals surface area contributed by atoms with Gasteiger partial charge in [-0.1, -0.05) is 129 Å². The first-order valence-corrected chi connectivity index (χ1v) is 17.8. The van der Waals surface area contributed by atoms with E-state index in [1.165, 1.54) is 52.0 Å². The van der Waals surface area contributed by atoms with E-state index in [0.29, 0.717) is 28.1 Å². The first kappa shape index (κ1) is 46.6. The fourth-order valence-electron chi connectivity index (χ4n) is 9.49. The van der Waals surface area contributed by atoms with E-state index < -0.39 is 0 Å². The summed E-state index contributed by atoms with van der Waals surface area (Å²) < 4.78 is 0. The fourth-order valence-corrected chi connectivity index (χ4v) is 9.49. The molecule has 0 aromatic heterocycles. The third-order valence-electron chi connectivity index (χ3n) is 14.6. The van der Waals surface area contributed by atoms with Crippen molar-refractivity contribution in [3.63, 3.8) is 0 Å². The summed E-state index contributed by atoms with van der Waals surface area (Å²) >= 11 is 0. The van der Waals surface area contributed by atoms with Crippen molar-refractivity contribution in [1.82, 2.24) is 0 Å². The van der Waals surface area contributed by atoms with Crippen molar-refractivity contribution >= 4 is 37.7 Å². The second kappa shape index (κ2) is 16.7. The van der Waals surface area contributed by atoms with Crippen LogP contribution < -0.4 is 5.73 Å². The largest absolute Gasteiger partial charge is 2.00 e. The standard InChI is InChI=1S/C36H59.2C2H6.CH5N.CH3.Ca/c1-14-32(9,20-15-25(2)30(4,5)6)36(13)24-19-29-27-17-23-35(12)31(7,8)26(3)16-21-33(35,10)28(27)18-22-34(29,36)11;3*1-2;;/h14,17-18,24-26,29H,1,15-16,19-23H2,2-13H3;2*1-2H3;2H2,1H3;1H3;/q-1;;;;-1;+2. The van der Waals surface area contributed by atoms with Crippen LogP contribution in [0.1, 0.15) is 156 Å². The minimum absolute atomic E-state index is 0. The molecular weight excluding hydrogens is 559 g/mol. The van der Waals surface area contributed by atoms with Crippen molar-refractivity contribution < 1.29 is 0 Å². The summed E-state index contributed by atoms with van der Waals surface area (Å²) in [6, 6.07) is 0. The number of allylic oxidation sites excluding steroid dienone is 5. The van der Waals surface area contributed by atoms with Gasteiger partial charge in [-0.05, 0) is 107 Å². The van der Waals surface area contributed by atoms with E-state index in [2.05, 4.69) is 120 Å². The molecule has 2 saturated carbocycles. The van der Waals surface area contributed by atoms with E-state index in [-0.39, 0.29) is 66.8 Å². The zero-order chi connectivity index (χ0) is 33.2. The summed E-state index contributed by atoms with van der Waals surface area (Å²) in [5.41, 5.74) is 9.79. The second-order valence-corrected chi connectivity index (χ2v) is 16.6. The van der Waals surface area contributed by atoms with E-state index in [9.17, 15) is 0 Å². The number of fused-ring (bicyclic) bond motifs is 5. The average Bonchev–Trinajstić information content (AvgIpc) is 3.25. The van der Waals surface area contributed by atoms with E-state index in [1.54, 1.807) is 11.1 Å². The van der Waals surface area contributed by atoms with Crippen LogP contribution in [0.3, 0.4) is 0 Å². The molecule has 4 aliphatic rings. The maximum absolute atomic E-state index is 4.50. The van der Waals surface area contributed by atoms with Gasteiger partial charge in [0.1, 0.15) is 0 Å². The molecule has 2 heteroatoms. The average molecular weight is 638 g/mol. The van der Waals surface area contributed by atoms with Crippen molar-refractivity contribution in [3.8, 4) is 0 Å². The second-order valence-electron chi connectivity index (χ2n) is 16.6. The Morgan fingerprint density at radius 1 is 0.977 bits per heavy atom. The Balaban J connectivity index is 0. The van der Waals surface area contributed by atoms with Gasteiger partial charge in [0.05, 0.1) is 0 Å². The maximum atomic E-state index is 4.50. The van der Waals surface area contributed by atoms with Crippen molar-refractivity contribution in [2.24, 2.45) is 61.4 Å². The topological polar surface area (TPSA) is 26.0 Å². The van der Waals surface area contributed by atoms with Crippen LogP contribution in [0.2, 0.25) is 0 Å². The number of nitrogens with two attached hydrogens (primary N) is 1. The van der Waals surface area contributed by atoms with Crippen LogP contribution in [0.4, 0.5) is 0 Å². The molecule has 8 unspecified atom stereocenters. The molecule has 0 heterocycles. The molecule has 2 fully saturated rings. The van der Waals surface area contributed by atoms with Crippen LogP contribution >= 0.6 is 0 Å². The van der Waals surface area contributed by atoms with Crippen molar-refractivity contribution in [2.45, 2.75) is 156 Å². The first-order valence-electron chi connectivity index (χ1n) is 17.8. The normalized spacial score (nSPS) is 36.7. The maximum Gasteiger partial charge on any atom is 2.00 e. The van der Waals surface area contributed by atoms with Gasteiger partial charge < -0.3 is 19.6 Å². The summed E-state index contributed by atoms with van der Waals surface area (Å²) in [5.74, 6) is 2.14. The monoisotopic (exact) mass is 638 g/mol. The SMILES string of the molecule is C=CC(C)(CCC(C)C(C)(C)C)C1(C)[CH-]CC2C3=CCC4(C)C(C)(CCC(C)C4(C)C)C3=CCC21C.CC.CC.CN.[CH3-].[Ca+2]. The van der Waals surface area contributed by atoms with Crippen LogP contribution in [-0.2, 0) is 0 Å². The molecule has 0 saturated heterocycles. The van der Waals surface area contributed by atoms with Gasteiger partial charge in [-0.15, -0.1) is 12.0 Å². The van der Waals surface area contributed by atoms with Gasteiger partial charge in [0.2, 0.25) is 0 Å². The van der Waals surface area contributed by atoms with E-state index >= 15 is 0 Å². The van der Waals surface area contributed by atoms with Crippen molar-refractivity contribution in [3.05, 3.63) is 49.8 Å². The first-order chi connectivity index (χ1) is 19.3. The Bertz CT molecular complexity index is 967. The van der Waals surface area contributed by atoms with Gasteiger partial charge >= 0.3 is 37.7 Å². The Morgan fingerprint density at radius 3 is 1.98 bits per heavy atom. The molecule has 0 amide bonds. The molecule has 2 N–H and O–H groups in total. The smallest absolute Gasteiger partial charge is 0.358 e. The van der Waals surface area contributed by atoms with Crippen molar-refractivity contribution in [2.75, 3.05) is 7.05 Å². The number of hydrogen-bond acceptors (Lipinski definition) is 1. The Labute approximate surface area is 309 Å². The zero-order valence-electron chi connectivity index (χ0n) is 33.5. The summed E-state index contributed by atoms with van der Waals surface area (Å²) in [7, 11) is 1.50. The Kier molecular flexibility index (Phi) is 17.7. The predicted molar refractivity (Wildman–Crippen MR) is 204 cm³/mol. The molecule has 0 aromatic rings. The van der Waals surface area contributed by atoms with Gasteiger partial charge in [-0.2, -0.15) is 6.42 Å².